The van der Waals surface area contributed by atoms with E-state index in [0.717, 1.165) is 26.1 Å². The van der Waals surface area contributed by atoms with Gasteiger partial charge in [-0.3, -0.25) is 9.52 Å². The molecule has 2 aromatic rings. The lowest BCUT2D eigenvalue weighted by Crippen LogP contribution is -2.28. The van der Waals surface area contributed by atoms with Gasteiger partial charge in [-0.15, -0.1) is 0 Å². The van der Waals surface area contributed by atoms with E-state index in [9.17, 15) is 13.2 Å². The first kappa shape index (κ1) is 20.6. The monoisotopic (exact) mass is 421 g/mol. The predicted molar refractivity (Wildman–Crippen MR) is 111 cm³/mol. The van der Waals surface area contributed by atoms with Crippen LogP contribution in [0.2, 0.25) is 5.02 Å². The lowest BCUT2D eigenvalue weighted by Gasteiger charge is -2.14. The van der Waals surface area contributed by atoms with E-state index in [0.29, 0.717) is 17.8 Å². The Morgan fingerprint density at radius 2 is 1.79 bits per heavy atom. The molecule has 1 saturated heterocycles. The van der Waals surface area contributed by atoms with E-state index >= 15 is 0 Å². The Balaban J connectivity index is 1.56. The molecule has 0 saturated carbocycles. The minimum absolute atomic E-state index is 0.158. The third kappa shape index (κ3) is 5.47. The van der Waals surface area contributed by atoms with Gasteiger partial charge in [-0.05, 0) is 69.2 Å². The molecule has 0 aliphatic carbocycles. The van der Waals surface area contributed by atoms with E-state index in [-0.39, 0.29) is 15.8 Å². The zero-order valence-corrected chi connectivity index (χ0v) is 17.1. The SMILES string of the molecule is O=C(NCCCN1CCCC1)c1ccc(NS(=O)(=O)c2ccccc2)cc1Cl. The van der Waals surface area contributed by atoms with Crippen LogP contribution in [0.15, 0.2) is 53.4 Å². The summed E-state index contributed by atoms with van der Waals surface area (Å²) in [6, 6.07) is 12.6. The van der Waals surface area contributed by atoms with Gasteiger partial charge in [-0.1, -0.05) is 29.8 Å². The number of nitrogens with one attached hydrogen (secondary N) is 2. The second kappa shape index (κ2) is 9.41. The zero-order chi connectivity index (χ0) is 20.0. The molecule has 1 heterocycles. The van der Waals surface area contributed by atoms with Gasteiger partial charge in [0.15, 0.2) is 0 Å². The third-order valence-electron chi connectivity index (χ3n) is 4.65. The molecule has 1 aliphatic rings. The lowest BCUT2D eigenvalue weighted by atomic mass is 10.2. The van der Waals surface area contributed by atoms with E-state index in [1.165, 1.54) is 43.2 Å². The quantitative estimate of drug-likeness (QED) is 0.640. The first-order chi connectivity index (χ1) is 13.5. The summed E-state index contributed by atoms with van der Waals surface area (Å²) in [6.07, 6.45) is 3.39. The van der Waals surface area contributed by atoms with Gasteiger partial charge in [0.2, 0.25) is 0 Å². The summed E-state index contributed by atoms with van der Waals surface area (Å²) in [7, 11) is -3.70. The molecule has 150 valence electrons. The van der Waals surface area contributed by atoms with Crippen molar-refractivity contribution in [2.45, 2.75) is 24.2 Å². The molecule has 2 N–H and O–H groups in total. The summed E-state index contributed by atoms with van der Waals surface area (Å²) in [5, 5.41) is 3.07. The number of benzene rings is 2. The fourth-order valence-electron chi connectivity index (χ4n) is 3.18. The van der Waals surface area contributed by atoms with Gasteiger partial charge in [0.1, 0.15) is 0 Å². The van der Waals surface area contributed by atoms with Crippen LogP contribution in [0.4, 0.5) is 5.69 Å². The number of likely N-dealkylation sites (tertiary alicyclic amines) is 1. The molecule has 3 rings (SSSR count). The van der Waals surface area contributed by atoms with Crippen LogP contribution in [0.25, 0.3) is 0 Å². The summed E-state index contributed by atoms with van der Waals surface area (Å²) in [5.74, 6) is -0.260. The minimum Gasteiger partial charge on any atom is -0.352 e. The van der Waals surface area contributed by atoms with Crippen LogP contribution in [0.3, 0.4) is 0 Å². The smallest absolute Gasteiger partial charge is 0.261 e. The van der Waals surface area contributed by atoms with Gasteiger partial charge >= 0.3 is 0 Å². The summed E-state index contributed by atoms with van der Waals surface area (Å²) in [5.41, 5.74) is 0.630. The van der Waals surface area contributed by atoms with Gasteiger partial charge in [0.05, 0.1) is 21.2 Å². The van der Waals surface area contributed by atoms with Gasteiger partial charge in [0.25, 0.3) is 15.9 Å². The van der Waals surface area contributed by atoms with Crippen LogP contribution >= 0.6 is 11.6 Å². The fraction of sp³-hybridized carbons (Fsp3) is 0.350. The normalized spacial score (nSPS) is 14.8. The highest BCUT2D eigenvalue weighted by atomic mass is 35.5. The molecular weight excluding hydrogens is 398 g/mol. The van der Waals surface area contributed by atoms with Crippen molar-refractivity contribution in [2.75, 3.05) is 30.9 Å². The summed E-state index contributed by atoms with van der Waals surface area (Å²) in [4.78, 5) is 14.9. The molecule has 0 aromatic heterocycles. The molecule has 0 radical (unpaired) electrons. The Labute approximate surface area is 170 Å². The summed E-state index contributed by atoms with van der Waals surface area (Å²) >= 11 is 6.21. The Hall–Kier alpha value is -2.09. The molecule has 0 atom stereocenters. The minimum atomic E-state index is -3.70. The maximum Gasteiger partial charge on any atom is 0.261 e. The second-order valence-corrected chi connectivity index (χ2v) is 8.86. The van der Waals surface area contributed by atoms with Crippen molar-refractivity contribution in [3.05, 3.63) is 59.1 Å². The van der Waals surface area contributed by atoms with Crippen molar-refractivity contribution >= 4 is 33.2 Å². The number of carbonyl (C=O) groups is 1. The van der Waals surface area contributed by atoms with E-state index in [1.54, 1.807) is 18.2 Å². The Morgan fingerprint density at radius 1 is 1.07 bits per heavy atom. The van der Waals surface area contributed by atoms with E-state index in [2.05, 4.69) is 14.9 Å². The molecule has 0 bridgehead atoms. The van der Waals surface area contributed by atoms with Crippen molar-refractivity contribution < 1.29 is 13.2 Å². The molecular formula is C20H24ClN3O3S. The number of hydrogen-bond donors (Lipinski definition) is 2. The standard InChI is InChI=1S/C20H24ClN3O3S/c21-19-15-16(23-28(26,27)17-7-2-1-3-8-17)9-10-18(19)20(25)22-11-6-14-24-12-4-5-13-24/h1-3,7-10,15,23H,4-6,11-14H2,(H,22,25). The number of amides is 1. The third-order valence-corrected chi connectivity index (χ3v) is 6.36. The highest BCUT2D eigenvalue weighted by Crippen LogP contribution is 2.23. The number of sulfonamides is 1. The van der Waals surface area contributed by atoms with Gasteiger partial charge in [0, 0.05) is 6.54 Å². The number of carbonyl (C=O) groups excluding carboxylic acids is 1. The first-order valence-corrected chi connectivity index (χ1v) is 11.2. The average molecular weight is 422 g/mol. The maximum absolute atomic E-state index is 12.4. The van der Waals surface area contributed by atoms with Gasteiger partial charge in [-0.25, -0.2) is 8.42 Å². The number of rotatable bonds is 8. The van der Waals surface area contributed by atoms with Crippen molar-refractivity contribution in [3.63, 3.8) is 0 Å². The van der Waals surface area contributed by atoms with E-state index < -0.39 is 10.0 Å². The van der Waals surface area contributed by atoms with Gasteiger partial charge < -0.3 is 10.2 Å². The van der Waals surface area contributed by atoms with E-state index in [1.807, 2.05) is 0 Å². The Kier molecular flexibility index (Phi) is 6.93. The van der Waals surface area contributed by atoms with Gasteiger partial charge in [-0.2, -0.15) is 0 Å². The Bertz CT molecular complexity index is 914. The van der Waals surface area contributed by atoms with Crippen LogP contribution in [0.1, 0.15) is 29.6 Å². The summed E-state index contributed by atoms with van der Waals surface area (Å²) < 4.78 is 27.2. The van der Waals surface area contributed by atoms with Crippen LogP contribution < -0.4 is 10.0 Å². The van der Waals surface area contributed by atoms with Crippen LogP contribution in [-0.2, 0) is 10.0 Å². The van der Waals surface area contributed by atoms with Crippen LogP contribution in [0.5, 0.6) is 0 Å². The van der Waals surface area contributed by atoms with Crippen molar-refractivity contribution in [3.8, 4) is 0 Å². The van der Waals surface area contributed by atoms with Crippen LogP contribution in [0, 0.1) is 0 Å². The topological polar surface area (TPSA) is 78.5 Å². The van der Waals surface area contributed by atoms with Crippen molar-refractivity contribution in [1.82, 2.24) is 10.2 Å². The largest absolute Gasteiger partial charge is 0.352 e. The highest BCUT2D eigenvalue weighted by molar-refractivity contribution is 7.92. The van der Waals surface area contributed by atoms with Crippen LogP contribution in [-0.4, -0.2) is 45.4 Å². The summed E-state index contributed by atoms with van der Waals surface area (Å²) in [6.45, 7) is 3.84. The first-order valence-electron chi connectivity index (χ1n) is 9.34. The molecule has 0 unspecified atom stereocenters. The highest BCUT2D eigenvalue weighted by Gasteiger charge is 2.16. The molecule has 1 aliphatic heterocycles. The number of hydrogen-bond acceptors (Lipinski definition) is 4. The predicted octanol–water partition coefficient (Wildman–Crippen LogP) is 3.36. The molecule has 8 heteroatoms. The van der Waals surface area contributed by atoms with E-state index in [4.69, 9.17) is 11.6 Å². The van der Waals surface area contributed by atoms with Crippen molar-refractivity contribution in [1.29, 1.82) is 0 Å². The fourth-order valence-corrected chi connectivity index (χ4v) is 4.52. The van der Waals surface area contributed by atoms with Crippen molar-refractivity contribution in [2.24, 2.45) is 0 Å². The maximum atomic E-state index is 12.4. The average Bonchev–Trinajstić information content (AvgIpc) is 3.19. The number of halogens is 1. The molecule has 0 spiro atoms. The second-order valence-electron chi connectivity index (χ2n) is 6.77. The molecule has 28 heavy (non-hydrogen) atoms. The Morgan fingerprint density at radius 3 is 2.46 bits per heavy atom. The zero-order valence-electron chi connectivity index (χ0n) is 15.5. The molecule has 6 nitrogen and oxygen atoms in total. The molecule has 1 fully saturated rings. The number of nitrogens with zero attached hydrogens (tertiary/aromatic N) is 1. The number of anilines is 1. The lowest BCUT2D eigenvalue weighted by molar-refractivity contribution is 0.0952. The molecule has 1 amide bonds. The molecule has 2 aromatic carbocycles.